The molecule has 1 aromatic rings. The molecule has 0 bridgehead atoms. The van der Waals surface area contributed by atoms with Gasteiger partial charge >= 0.3 is 0 Å². The first-order chi connectivity index (χ1) is 7.38. The van der Waals surface area contributed by atoms with E-state index in [4.69, 9.17) is 0 Å². The van der Waals surface area contributed by atoms with Gasteiger partial charge in [-0.1, -0.05) is 27.2 Å². The van der Waals surface area contributed by atoms with Gasteiger partial charge < -0.3 is 4.57 Å². The van der Waals surface area contributed by atoms with E-state index in [0.29, 0.717) is 0 Å². The van der Waals surface area contributed by atoms with Gasteiger partial charge in [0.25, 0.3) is 0 Å². The van der Waals surface area contributed by atoms with Gasteiger partial charge in [0.1, 0.15) is 5.78 Å². The van der Waals surface area contributed by atoms with Crippen LogP contribution in [0.2, 0.25) is 0 Å². The number of carbonyl (C=O) groups is 1. The molecule has 0 aromatic carbocycles. The zero-order valence-electron chi connectivity index (χ0n) is 10.9. The number of rotatable bonds is 5. The van der Waals surface area contributed by atoms with Crippen molar-refractivity contribution in [2.45, 2.75) is 46.5 Å². The molecule has 16 heavy (non-hydrogen) atoms. The quantitative estimate of drug-likeness (QED) is 0.767. The summed E-state index contributed by atoms with van der Waals surface area (Å²) in [6, 6.07) is 0. The summed E-state index contributed by atoms with van der Waals surface area (Å²) in [5.41, 5.74) is 0.628. The van der Waals surface area contributed by atoms with Gasteiger partial charge in [0, 0.05) is 18.7 Å². The highest BCUT2D eigenvalue weighted by atomic mass is 16.1. The highest BCUT2D eigenvalue weighted by Crippen LogP contribution is 2.30. The second-order valence-electron chi connectivity index (χ2n) is 5.18. The van der Waals surface area contributed by atoms with E-state index in [-0.39, 0.29) is 17.1 Å². The average molecular weight is 222 g/mol. The van der Waals surface area contributed by atoms with E-state index in [9.17, 15) is 4.79 Å². The molecule has 0 spiro atoms. The van der Waals surface area contributed by atoms with Gasteiger partial charge in [0.15, 0.2) is 0 Å². The number of hydrogen-bond acceptors (Lipinski definition) is 2. The maximum atomic E-state index is 12.3. The van der Waals surface area contributed by atoms with Crippen LogP contribution in [0, 0.1) is 5.41 Å². The number of ketones is 1. The van der Waals surface area contributed by atoms with Gasteiger partial charge in [-0.3, -0.25) is 4.79 Å². The summed E-state index contributed by atoms with van der Waals surface area (Å²) in [6.45, 7) is 8.11. The normalized spacial score (nSPS) is 13.8. The van der Waals surface area contributed by atoms with E-state index < -0.39 is 0 Å². The van der Waals surface area contributed by atoms with E-state index in [1.165, 1.54) is 0 Å². The summed E-state index contributed by atoms with van der Waals surface area (Å²) < 4.78 is 1.88. The fourth-order valence-corrected chi connectivity index (χ4v) is 2.13. The van der Waals surface area contributed by atoms with Gasteiger partial charge in [0.2, 0.25) is 0 Å². The molecule has 1 aromatic heterocycles. The van der Waals surface area contributed by atoms with Crippen molar-refractivity contribution < 1.29 is 4.79 Å². The number of aromatic nitrogens is 2. The Morgan fingerprint density at radius 3 is 2.62 bits per heavy atom. The molecule has 0 saturated heterocycles. The lowest BCUT2D eigenvalue weighted by Gasteiger charge is -2.25. The Hall–Kier alpha value is -1.12. The first kappa shape index (κ1) is 12.9. The molecular weight excluding hydrogens is 200 g/mol. The molecule has 0 amide bonds. The van der Waals surface area contributed by atoms with Crippen molar-refractivity contribution in [1.29, 1.82) is 0 Å². The summed E-state index contributed by atoms with van der Waals surface area (Å²) in [4.78, 5) is 16.6. The third-order valence-electron chi connectivity index (χ3n) is 3.10. The number of carbonyl (C=O) groups excluding carboxylic acids is 1. The zero-order valence-corrected chi connectivity index (χ0v) is 10.9. The van der Waals surface area contributed by atoms with E-state index in [1.807, 2.05) is 38.6 Å². The minimum Gasteiger partial charge on any atom is -0.340 e. The van der Waals surface area contributed by atoms with Crippen LogP contribution in [0.15, 0.2) is 12.5 Å². The van der Waals surface area contributed by atoms with Crippen LogP contribution in [0.3, 0.4) is 0 Å². The molecule has 0 aliphatic heterocycles. The number of Topliss-reactive ketones (excluding diaryl/α,β-unsaturated/α-hetero) is 1. The Balaban J connectivity index is 2.82. The molecule has 0 saturated carbocycles. The molecule has 0 radical (unpaired) electrons. The molecular formula is C13H22N2O. The number of nitrogens with zero attached hydrogens (tertiary/aromatic N) is 2. The van der Waals surface area contributed by atoms with E-state index in [1.54, 1.807) is 6.33 Å². The topological polar surface area (TPSA) is 34.9 Å². The van der Waals surface area contributed by atoms with Gasteiger partial charge in [0.05, 0.1) is 17.9 Å². The molecule has 1 heterocycles. The molecule has 3 heteroatoms. The molecule has 0 fully saturated rings. The van der Waals surface area contributed by atoms with Crippen LogP contribution in [-0.4, -0.2) is 15.3 Å². The first-order valence-corrected chi connectivity index (χ1v) is 5.90. The Morgan fingerprint density at radius 2 is 2.19 bits per heavy atom. The number of hydrogen-bond donors (Lipinski definition) is 0. The minimum absolute atomic E-state index is 0.109. The molecule has 90 valence electrons. The molecule has 0 aliphatic carbocycles. The Kier molecular flexibility index (Phi) is 3.89. The van der Waals surface area contributed by atoms with Gasteiger partial charge in [-0.05, 0) is 13.3 Å². The molecule has 1 atom stereocenters. The summed E-state index contributed by atoms with van der Waals surface area (Å²) >= 11 is 0. The van der Waals surface area contributed by atoms with E-state index in [2.05, 4.69) is 11.9 Å². The maximum Gasteiger partial charge on any atom is 0.147 e. The molecule has 1 unspecified atom stereocenters. The lowest BCUT2D eigenvalue weighted by atomic mass is 9.78. The van der Waals surface area contributed by atoms with Crippen LogP contribution in [-0.2, 0) is 11.8 Å². The summed E-state index contributed by atoms with van der Waals surface area (Å²) in [7, 11) is 1.92. The fraction of sp³-hybridized carbons (Fsp3) is 0.692. The van der Waals surface area contributed by atoms with Crippen molar-refractivity contribution in [3.8, 4) is 0 Å². The Morgan fingerprint density at radius 1 is 1.56 bits per heavy atom. The minimum atomic E-state index is -0.244. The van der Waals surface area contributed by atoms with E-state index in [0.717, 1.165) is 18.5 Å². The Labute approximate surface area is 97.9 Å². The molecule has 0 N–H and O–H groups in total. The number of imidazole rings is 1. The second-order valence-corrected chi connectivity index (χ2v) is 5.18. The van der Waals surface area contributed by atoms with Crippen LogP contribution >= 0.6 is 0 Å². The zero-order chi connectivity index (χ0) is 12.3. The summed E-state index contributed by atoms with van der Waals surface area (Å²) in [5.74, 6) is 0.177. The van der Waals surface area contributed by atoms with Crippen LogP contribution in [0.25, 0.3) is 0 Å². The average Bonchev–Trinajstić information content (AvgIpc) is 2.62. The van der Waals surface area contributed by atoms with Crippen LogP contribution < -0.4 is 0 Å². The van der Waals surface area contributed by atoms with Crippen molar-refractivity contribution in [2.75, 3.05) is 0 Å². The van der Waals surface area contributed by atoms with Crippen molar-refractivity contribution in [3.05, 3.63) is 18.2 Å². The standard InChI is InChI=1S/C13H22N2O/c1-6-7-13(3,4)12(16)10(2)11-8-15(5)9-14-11/h8-10H,6-7H2,1-5H3. The first-order valence-electron chi connectivity index (χ1n) is 5.90. The second kappa shape index (κ2) is 4.81. The third-order valence-corrected chi connectivity index (χ3v) is 3.10. The van der Waals surface area contributed by atoms with Crippen LogP contribution in [0.1, 0.15) is 52.1 Å². The SMILES string of the molecule is CCCC(C)(C)C(=O)C(C)c1cn(C)cn1. The van der Waals surface area contributed by atoms with Crippen LogP contribution in [0.5, 0.6) is 0 Å². The van der Waals surface area contributed by atoms with Gasteiger partial charge in [-0.25, -0.2) is 4.98 Å². The summed E-state index contributed by atoms with van der Waals surface area (Å²) in [6.07, 6.45) is 5.63. The fourth-order valence-electron chi connectivity index (χ4n) is 2.13. The van der Waals surface area contributed by atoms with Gasteiger partial charge in [-0.15, -0.1) is 0 Å². The summed E-state index contributed by atoms with van der Waals surface area (Å²) in [5, 5.41) is 0. The Bertz CT molecular complexity index is 366. The van der Waals surface area contributed by atoms with Crippen molar-refractivity contribution in [1.82, 2.24) is 9.55 Å². The monoisotopic (exact) mass is 222 g/mol. The van der Waals surface area contributed by atoms with Crippen molar-refractivity contribution >= 4 is 5.78 Å². The lowest BCUT2D eigenvalue weighted by Crippen LogP contribution is -2.28. The largest absolute Gasteiger partial charge is 0.340 e. The predicted molar refractivity (Wildman–Crippen MR) is 65.3 cm³/mol. The smallest absolute Gasteiger partial charge is 0.147 e. The lowest BCUT2D eigenvalue weighted by molar-refractivity contribution is -0.128. The molecule has 1 rings (SSSR count). The van der Waals surface area contributed by atoms with Crippen LogP contribution in [0.4, 0.5) is 0 Å². The maximum absolute atomic E-state index is 12.3. The van der Waals surface area contributed by atoms with Crippen molar-refractivity contribution in [3.63, 3.8) is 0 Å². The molecule has 3 nitrogen and oxygen atoms in total. The number of aryl methyl sites for hydroxylation is 1. The highest BCUT2D eigenvalue weighted by molar-refractivity contribution is 5.89. The van der Waals surface area contributed by atoms with Crippen molar-refractivity contribution in [2.24, 2.45) is 12.5 Å². The highest BCUT2D eigenvalue weighted by Gasteiger charge is 2.32. The predicted octanol–water partition coefficient (Wildman–Crippen LogP) is 2.92. The van der Waals surface area contributed by atoms with E-state index >= 15 is 0 Å². The molecule has 0 aliphatic rings. The third kappa shape index (κ3) is 2.71. The van der Waals surface area contributed by atoms with Gasteiger partial charge in [-0.2, -0.15) is 0 Å².